The number of carboxylic acids is 1. The van der Waals surface area contributed by atoms with Gasteiger partial charge in [-0.25, -0.2) is 0 Å². The van der Waals surface area contributed by atoms with Crippen molar-refractivity contribution in [2.75, 3.05) is 0 Å². The topological polar surface area (TPSA) is 62.0 Å². The Morgan fingerprint density at radius 1 is 1.89 bits per heavy atom. The Balaban J connectivity index is 2.74. The Labute approximate surface area is 51.9 Å². The molecule has 1 aliphatic rings. The Bertz CT molecular complexity index is 195. The lowest BCUT2D eigenvalue weighted by atomic mass is 10.1. The van der Waals surface area contributed by atoms with Crippen LogP contribution in [0, 0.1) is 5.92 Å². The smallest absolute Gasteiger partial charge is 0.317 e. The number of carboxylic acid groups (broad SMARTS) is 1. The van der Waals surface area contributed by atoms with Crippen molar-refractivity contribution >= 4 is 17.9 Å². The first kappa shape index (κ1) is 5.94. The summed E-state index contributed by atoms with van der Waals surface area (Å²) in [6.07, 6.45) is 1.32. The summed E-state index contributed by atoms with van der Waals surface area (Å²) in [6, 6.07) is 0. The van der Waals surface area contributed by atoms with Gasteiger partial charge in [0.05, 0.1) is 5.71 Å². The van der Waals surface area contributed by atoms with Crippen molar-refractivity contribution in [1.82, 2.24) is 0 Å². The molecule has 0 saturated carbocycles. The number of rotatable bonds is 1. The predicted molar refractivity (Wildman–Crippen MR) is 32.7 cm³/mol. The molecule has 0 spiro atoms. The second kappa shape index (κ2) is 1.97. The lowest BCUT2D eigenvalue weighted by Crippen LogP contribution is -2.19. The molecular formula is C5H6N2O2. The number of carbonyl (C=O) groups is 1. The number of hydrogen-bond donors (Lipinski definition) is 1. The summed E-state index contributed by atoms with van der Waals surface area (Å²) >= 11 is 0. The van der Waals surface area contributed by atoms with Crippen LogP contribution in [0.4, 0.5) is 0 Å². The van der Waals surface area contributed by atoms with E-state index in [1.165, 1.54) is 6.21 Å². The van der Waals surface area contributed by atoms with E-state index in [0.717, 1.165) is 0 Å². The molecule has 4 nitrogen and oxygen atoms in total. The molecule has 0 radical (unpaired) electrons. The Morgan fingerprint density at radius 3 is 2.78 bits per heavy atom. The van der Waals surface area contributed by atoms with Gasteiger partial charge in [0, 0.05) is 6.21 Å². The maximum absolute atomic E-state index is 10.2. The Morgan fingerprint density at radius 2 is 2.56 bits per heavy atom. The first-order valence-corrected chi connectivity index (χ1v) is 2.52. The van der Waals surface area contributed by atoms with Crippen molar-refractivity contribution < 1.29 is 9.90 Å². The van der Waals surface area contributed by atoms with Crippen LogP contribution in [-0.4, -0.2) is 23.0 Å². The molecule has 0 fully saturated rings. The Hall–Kier alpha value is -1.19. The molecule has 0 aromatic carbocycles. The minimum Gasteiger partial charge on any atom is -0.480 e. The van der Waals surface area contributed by atoms with Gasteiger partial charge in [-0.3, -0.25) is 4.79 Å². The van der Waals surface area contributed by atoms with Crippen LogP contribution in [0.2, 0.25) is 0 Å². The van der Waals surface area contributed by atoms with Crippen molar-refractivity contribution in [3.63, 3.8) is 0 Å². The van der Waals surface area contributed by atoms with Crippen LogP contribution in [0.25, 0.3) is 0 Å². The van der Waals surface area contributed by atoms with Gasteiger partial charge in [-0.05, 0) is 6.92 Å². The highest BCUT2D eigenvalue weighted by atomic mass is 16.4. The summed E-state index contributed by atoms with van der Waals surface area (Å²) in [7, 11) is 0. The molecule has 0 saturated heterocycles. The molecule has 1 rings (SSSR count). The maximum Gasteiger partial charge on any atom is 0.317 e. The van der Waals surface area contributed by atoms with E-state index in [2.05, 4.69) is 10.2 Å². The number of nitrogens with zero attached hydrogens (tertiary/aromatic N) is 2. The zero-order chi connectivity index (χ0) is 6.85. The fourth-order valence-corrected chi connectivity index (χ4v) is 0.604. The van der Waals surface area contributed by atoms with Crippen LogP contribution in [0.1, 0.15) is 6.92 Å². The molecule has 9 heavy (non-hydrogen) atoms. The normalized spacial score (nSPS) is 24.1. The molecule has 1 aliphatic heterocycles. The van der Waals surface area contributed by atoms with Gasteiger partial charge in [-0.1, -0.05) is 0 Å². The van der Waals surface area contributed by atoms with E-state index >= 15 is 0 Å². The summed E-state index contributed by atoms with van der Waals surface area (Å²) in [5.41, 5.74) is 0.544. The zero-order valence-corrected chi connectivity index (χ0v) is 4.90. The molecule has 48 valence electrons. The van der Waals surface area contributed by atoms with Gasteiger partial charge in [0.15, 0.2) is 0 Å². The van der Waals surface area contributed by atoms with E-state index < -0.39 is 11.9 Å². The molecule has 4 heteroatoms. The molecule has 1 heterocycles. The van der Waals surface area contributed by atoms with Gasteiger partial charge in [0.25, 0.3) is 0 Å². The predicted octanol–water partition coefficient (Wildman–Crippen LogP) is 0.148. The summed E-state index contributed by atoms with van der Waals surface area (Å²) in [5.74, 6) is -1.48. The quantitative estimate of drug-likeness (QED) is 0.543. The van der Waals surface area contributed by atoms with Crippen LogP contribution < -0.4 is 0 Å². The molecule has 0 amide bonds. The third-order valence-electron chi connectivity index (χ3n) is 1.15. The highest BCUT2D eigenvalue weighted by Gasteiger charge is 2.21. The Kier molecular flexibility index (Phi) is 1.30. The van der Waals surface area contributed by atoms with Gasteiger partial charge in [0.1, 0.15) is 5.92 Å². The van der Waals surface area contributed by atoms with E-state index in [9.17, 15) is 4.79 Å². The highest BCUT2D eigenvalue weighted by Crippen LogP contribution is 2.03. The van der Waals surface area contributed by atoms with Crippen LogP contribution in [0.5, 0.6) is 0 Å². The lowest BCUT2D eigenvalue weighted by molar-refractivity contribution is -0.137. The fraction of sp³-hybridized carbons (Fsp3) is 0.400. The van der Waals surface area contributed by atoms with E-state index in [0.29, 0.717) is 5.71 Å². The van der Waals surface area contributed by atoms with Gasteiger partial charge in [-0.15, -0.1) is 0 Å². The van der Waals surface area contributed by atoms with Crippen molar-refractivity contribution in [3.8, 4) is 0 Å². The largest absolute Gasteiger partial charge is 0.480 e. The number of aliphatic carboxylic acids is 1. The third-order valence-corrected chi connectivity index (χ3v) is 1.15. The van der Waals surface area contributed by atoms with Crippen molar-refractivity contribution in [1.29, 1.82) is 0 Å². The minimum absolute atomic E-state index is 0.544. The molecule has 0 aromatic rings. The summed E-state index contributed by atoms with van der Waals surface area (Å²) in [6.45, 7) is 1.64. The molecule has 0 aliphatic carbocycles. The first-order chi connectivity index (χ1) is 4.22. The van der Waals surface area contributed by atoms with Crippen LogP contribution in [0.3, 0.4) is 0 Å². The van der Waals surface area contributed by atoms with Gasteiger partial charge in [0.2, 0.25) is 0 Å². The second-order valence-electron chi connectivity index (χ2n) is 1.82. The van der Waals surface area contributed by atoms with Crippen LogP contribution in [0.15, 0.2) is 10.2 Å². The molecule has 0 aromatic heterocycles. The van der Waals surface area contributed by atoms with Crippen molar-refractivity contribution in [2.45, 2.75) is 6.92 Å². The van der Waals surface area contributed by atoms with Crippen LogP contribution >= 0.6 is 0 Å². The van der Waals surface area contributed by atoms with Crippen LogP contribution in [-0.2, 0) is 4.79 Å². The van der Waals surface area contributed by atoms with E-state index in [1.54, 1.807) is 6.92 Å². The molecular weight excluding hydrogens is 120 g/mol. The summed E-state index contributed by atoms with van der Waals surface area (Å²) in [4.78, 5) is 10.2. The van der Waals surface area contributed by atoms with Gasteiger partial charge in [-0.2, -0.15) is 10.2 Å². The average Bonchev–Trinajstić information content (AvgIpc) is 2.13. The highest BCUT2D eigenvalue weighted by molar-refractivity contribution is 6.14. The van der Waals surface area contributed by atoms with Gasteiger partial charge < -0.3 is 5.11 Å². The van der Waals surface area contributed by atoms with E-state index in [4.69, 9.17) is 5.11 Å². The monoisotopic (exact) mass is 126 g/mol. The standard InChI is InChI=1S/C5H6N2O2/c1-3-4(5(8)9)2-6-7-3/h2,4H,1H3,(H,8,9). The van der Waals surface area contributed by atoms with Crippen molar-refractivity contribution in [2.24, 2.45) is 16.1 Å². The third kappa shape index (κ3) is 0.960. The lowest BCUT2D eigenvalue weighted by Gasteiger charge is -1.95. The average molecular weight is 126 g/mol. The molecule has 1 N–H and O–H groups in total. The summed E-state index contributed by atoms with van der Waals surface area (Å²) in [5, 5.41) is 15.4. The minimum atomic E-state index is -0.891. The van der Waals surface area contributed by atoms with Gasteiger partial charge >= 0.3 is 5.97 Å². The maximum atomic E-state index is 10.2. The first-order valence-electron chi connectivity index (χ1n) is 2.52. The summed E-state index contributed by atoms with van der Waals surface area (Å²) < 4.78 is 0. The van der Waals surface area contributed by atoms with E-state index in [-0.39, 0.29) is 0 Å². The second-order valence-corrected chi connectivity index (χ2v) is 1.82. The molecule has 1 unspecified atom stereocenters. The number of hydrogen-bond acceptors (Lipinski definition) is 3. The SMILES string of the molecule is CC1=NN=CC1C(=O)O. The molecule has 1 atom stereocenters. The van der Waals surface area contributed by atoms with E-state index in [1.807, 2.05) is 0 Å². The zero-order valence-electron chi connectivity index (χ0n) is 4.90. The van der Waals surface area contributed by atoms with Crippen molar-refractivity contribution in [3.05, 3.63) is 0 Å². The fourth-order valence-electron chi connectivity index (χ4n) is 0.604. The molecule has 0 bridgehead atoms.